The minimum absolute atomic E-state index is 0.477. The average Bonchev–Trinajstić information content (AvgIpc) is 2.34. The first-order valence-electron chi connectivity index (χ1n) is 3.75. The molecule has 0 aromatic carbocycles. The standard InChI is InChI=1S/C9H11NS/c1-6-5-11-8-4-2-3-7(10)9(6)8/h2-5,8-9H,10H2,1H3. The lowest BCUT2D eigenvalue weighted by atomic mass is 9.91. The lowest BCUT2D eigenvalue weighted by Crippen LogP contribution is -2.21. The van der Waals surface area contributed by atoms with Gasteiger partial charge in [-0.25, -0.2) is 0 Å². The fraction of sp³-hybridized carbons (Fsp3) is 0.333. The SMILES string of the molecule is CC1=CSC2C=CC=C(N)C12. The highest BCUT2D eigenvalue weighted by atomic mass is 32.2. The molecule has 2 unspecified atom stereocenters. The molecule has 2 heteroatoms. The summed E-state index contributed by atoms with van der Waals surface area (Å²) in [5.74, 6) is 0.477. The van der Waals surface area contributed by atoms with E-state index in [0.29, 0.717) is 11.2 Å². The third-order valence-electron chi connectivity index (χ3n) is 2.18. The maximum atomic E-state index is 5.87. The van der Waals surface area contributed by atoms with Crippen molar-refractivity contribution in [2.24, 2.45) is 11.7 Å². The molecule has 0 amide bonds. The molecule has 11 heavy (non-hydrogen) atoms. The molecule has 0 saturated heterocycles. The van der Waals surface area contributed by atoms with Gasteiger partial charge < -0.3 is 5.73 Å². The molecular formula is C9H11NS. The van der Waals surface area contributed by atoms with Gasteiger partial charge in [0.05, 0.1) is 0 Å². The van der Waals surface area contributed by atoms with Crippen molar-refractivity contribution in [3.63, 3.8) is 0 Å². The molecule has 1 heterocycles. The lowest BCUT2D eigenvalue weighted by molar-refractivity contribution is 0.735. The summed E-state index contributed by atoms with van der Waals surface area (Å²) in [6.07, 6.45) is 6.28. The predicted molar refractivity (Wildman–Crippen MR) is 50.0 cm³/mol. The fourth-order valence-electron chi connectivity index (χ4n) is 1.59. The molecule has 0 fully saturated rings. The number of fused-ring (bicyclic) bond motifs is 1. The van der Waals surface area contributed by atoms with Gasteiger partial charge in [0, 0.05) is 16.9 Å². The molecule has 2 atom stereocenters. The molecule has 2 N–H and O–H groups in total. The van der Waals surface area contributed by atoms with Crippen LogP contribution in [-0.2, 0) is 0 Å². The van der Waals surface area contributed by atoms with Gasteiger partial charge in [-0.3, -0.25) is 0 Å². The smallest absolute Gasteiger partial charge is 0.0392 e. The molecule has 1 nitrogen and oxygen atoms in total. The molecule has 0 saturated carbocycles. The van der Waals surface area contributed by atoms with Crippen molar-refractivity contribution in [3.05, 3.63) is 34.9 Å². The Hall–Kier alpha value is -0.630. The molecule has 2 rings (SSSR count). The first kappa shape index (κ1) is 7.04. The fourth-order valence-corrected chi connectivity index (χ4v) is 2.81. The Morgan fingerprint density at radius 1 is 1.55 bits per heavy atom. The van der Waals surface area contributed by atoms with Gasteiger partial charge in [-0.15, -0.1) is 11.8 Å². The van der Waals surface area contributed by atoms with Gasteiger partial charge in [0.15, 0.2) is 0 Å². The van der Waals surface area contributed by atoms with Crippen LogP contribution >= 0.6 is 11.8 Å². The maximum Gasteiger partial charge on any atom is 0.0392 e. The van der Waals surface area contributed by atoms with E-state index in [0.717, 1.165) is 5.70 Å². The monoisotopic (exact) mass is 165 g/mol. The Morgan fingerprint density at radius 3 is 3.09 bits per heavy atom. The van der Waals surface area contributed by atoms with Crippen LogP contribution in [-0.4, -0.2) is 5.25 Å². The third kappa shape index (κ3) is 1.02. The Labute approximate surface area is 71.0 Å². The number of allylic oxidation sites excluding steroid dienone is 3. The summed E-state index contributed by atoms with van der Waals surface area (Å²) in [7, 11) is 0. The van der Waals surface area contributed by atoms with Crippen LogP contribution in [0.1, 0.15) is 6.92 Å². The Kier molecular flexibility index (Phi) is 1.57. The van der Waals surface area contributed by atoms with Crippen molar-refractivity contribution in [1.82, 2.24) is 0 Å². The highest BCUT2D eigenvalue weighted by molar-refractivity contribution is 8.03. The summed E-state index contributed by atoms with van der Waals surface area (Å²) >= 11 is 1.87. The van der Waals surface area contributed by atoms with Crippen molar-refractivity contribution in [2.75, 3.05) is 0 Å². The largest absolute Gasteiger partial charge is 0.402 e. The average molecular weight is 165 g/mol. The van der Waals surface area contributed by atoms with Crippen LogP contribution in [0.3, 0.4) is 0 Å². The molecular weight excluding hydrogens is 154 g/mol. The summed E-state index contributed by atoms with van der Waals surface area (Å²) in [4.78, 5) is 0. The van der Waals surface area contributed by atoms with Crippen molar-refractivity contribution >= 4 is 11.8 Å². The van der Waals surface area contributed by atoms with E-state index in [9.17, 15) is 0 Å². The summed E-state index contributed by atoms with van der Waals surface area (Å²) in [5.41, 5.74) is 8.28. The lowest BCUT2D eigenvalue weighted by Gasteiger charge is -2.20. The topological polar surface area (TPSA) is 26.0 Å². The first-order chi connectivity index (χ1) is 5.29. The molecule has 0 bridgehead atoms. The second-order valence-corrected chi connectivity index (χ2v) is 4.04. The Morgan fingerprint density at radius 2 is 2.36 bits per heavy atom. The highest BCUT2D eigenvalue weighted by Gasteiger charge is 2.29. The van der Waals surface area contributed by atoms with E-state index in [-0.39, 0.29) is 0 Å². The minimum Gasteiger partial charge on any atom is -0.402 e. The van der Waals surface area contributed by atoms with Crippen LogP contribution in [0.2, 0.25) is 0 Å². The van der Waals surface area contributed by atoms with E-state index in [4.69, 9.17) is 5.73 Å². The molecule has 1 aliphatic heterocycles. The molecule has 0 aromatic rings. The number of rotatable bonds is 0. The van der Waals surface area contributed by atoms with Crippen LogP contribution in [0.25, 0.3) is 0 Å². The number of thioether (sulfide) groups is 1. The van der Waals surface area contributed by atoms with Crippen LogP contribution in [0.5, 0.6) is 0 Å². The van der Waals surface area contributed by atoms with Crippen molar-refractivity contribution < 1.29 is 0 Å². The predicted octanol–water partition coefficient (Wildman–Crippen LogP) is 2.03. The number of hydrogen-bond acceptors (Lipinski definition) is 2. The zero-order chi connectivity index (χ0) is 7.84. The van der Waals surface area contributed by atoms with Gasteiger partial charge in [-0.05, 0) is 18.4 Å². The van der Waals surface area contributed by atoms with Crippen molar-refractivity contribution in [2.45, 2.75) is 12.2 Å². The van der Waals surface area contributed by atoms with Crippen LogP contribution in [0.15, 0.2) is 34.9 Å². The van der Waals surface area contributed by atoms with E-state index < -0.39 is 0 Å². The highest BCUT2D eigenvalue weighted by Crippen LogP contribution is 2.40. The zero-order valence-electron chi connectivity index (χ0n) is 6.45. The van der Waals surface area contributed by atoms with E-state index in [1.807, 2.05) is 17.8 Å². The van der Waals surface area contributed by atoms with E-state index in [2.05, 4.69) is 24.5 Å². The van der Waals surface area contributed by atoms with Crippen LogP contribution < -0.4 is 5.73 Å². The third-order valence-corrected chi connectivity index (χ3v) is 3.43. The molecule has 58 valence electrons. The molecule has 0 radical (unpaired) electrons. The second-order valence-electron chi connectivity index (χ2n) is 2.99. The summed E-state index contributed by atoms with van der Waals surface area (Å²) in [6.45, 7) is 2.15. The van der Waals surface area contributed by atoms with E-state index in [1.54, 1.807) is 0 Å². The summed E-state index contributed by atoms with van der Waals surface area (Å²) in [5, 5.41) is 2.78. The van der Waals surface area contributed by atoms with Gasteiger partial charge in [0.25, 0.3) is 0 Å². The van der Waals surface area contributed by atoms with Gasteiger partial charge in [-0.1, -0.05) is 17.7 Å². The molecule has 0 spiro atoms. The van der Waals surface area contributed by atoms with Gasteiger partial charge >= 0.3 is 0 Å². The van der Waals surface area contributed by atoms with Gasteiger partial charge in [-0.2, -0.15) is 0 Å². The maximum absolute atomic E-state index is 5.87. The van der Waals surface area contributed by atoms with Gasteiger partial charge in [0.1, 0.15) is 0 Å². The second kappa shape index (κ2) is 2.45. The quantitative estimate of drug-likeness (QED) is 0.594. The normalized spacial score (nSPS) is 34.6. The van der Waals surface area contributed by atoms with Crippen molar-refractivity contribution in [1.29, 1.82) is 0 Å². The molecule has 2 aliphatic rings. The van der Waals surface area contributed by atoms with Gasteiger partial charge in [0.2, 0.25) is 0 Å². The summed E-state index contributed by atoms with van der Waals surface area (Å²) in [6, 6.07) is 0. The number of hydrogen-bond donors (Lipinski definition) is 1. The van der Waals surface area contributed by atoms with Crippen LogP contribution in [0.4, 0.5) is 0 Å². The van der Waals surface area contributed by atoms with Crippen molar-refractivity contribution in [3.8, 4) is 0 Å². The Bertz CT molecular complexity index is 263. The zero-order valence-corrected chi connectivity index (χ0v) is 7.27. The molecule has 0 aromatic heterocycles. The van der Waals surface area contributed by atoms with E-state index >= 15 is 0 Å². The molecule has 1 aliphatic carbocycles. The van der Waals surface area contributed by atoms with E-state index in [1.165, 1.54) is 5.57 Å². The Balaban J connectivity index is 2.33. The minimum atomic E-state index is 0.477. The summed E-state index contributed by atoms with van der Waals surface area (Å²) < 4.78 is 0. The first-order valence-corrected chi connectivity index (χ1v) is 4.69. The van der Waals surface area contributed by atoms with Crippen LogP contribution in [0, 0.1) is 5.92 Å². The number of nitrogens with two attached hydrogens (primary N) is 1.